The highest BCUT2D eigenvalue weighted by Crippen LogP contribution is 2.21. The minimum Gasteiger partial charge on any atom is -0.496 e. The van der Waals surface area contributed by atoms with Gasteiger partial charge in [-0.1, -0.05) is 36.4 Å². The van der Waals surface area contributed by atoms with E-state index < -0.39 is 6.04 Å². The Hall–Kier alpha value is -2.79. The zero-order valence-corrected chi connectivity index (χ0v) is 14.5. The van der Waals surface area contributed by atoms with Crippen molar-refractivity contribution in [3.63, 3.8) is 0 Å². The fourth-order valence-corrected chi connectivity index (χ4v) is 3.07. The fraction of sp³-hybridized carbons (Fsp3) is 0.250. The van der Waals surface area contributed by atoms with E-state index in [4.69, 9.17) is 10.5 Å². The van der Waals surface area contributed by atoms with Gasteiger partial charge in [-0.2, -0.15) is 0 Å². The molecule has 0 radical (unpaired) electrons. The van der Waals surface area contributed by atoms with E-state index in [-0.39, 0.29) is 5.91 Å². The van der Waals surface area contributed by atoms with E-state index in [2.05, 4.69) is 4.98 Å². The van der Waals surface area contributed by atoms with Gasteiger partial charge < -0.3 is 20.4 Å². The van der Waals surface area contributed by atoms with Crippen molar-refractivity contribution in [3.05, 3.63) is 65.9 Å². The monoisotopic (exact) mass is 337 g/mol. The third kappa shape index (κ3) is 3.67. The lowest BCUT2D eigenvalue weighted by molar-refractivity contribution is -0.131. The predicted octanol–water partition coefficient (Wildman–Crippen LogP) is 2.70. The fourth-order valence-electron chi connectivity index (χ4n) is 3.07. The number of amides is 1. The standard InChI is InChI=1S/C20H23N3O2/c1-23(13-14-7-3-6-10-19(14)25-2)20(24)17(21)11-15-12-22-18-9-5-4-8-16(15)18/h3-10,12,17,22H,11,13,21H2,1-2H3/t17-/m0/s1. The van der Waals surface area contributed by atoms with E-state index in [9.17, 15) is 4.79 Å². The van der Waals surface area contributed by atoms with Gasteiger partial charge in [-0.15, -0.1) is 0 Å². The van der Waals surface area contributed by atoms with Crippen LogP contribution in [0.1, 0.15) is 11.1 Å². The van der Waals surface area contributed by atoms with E-state index in [0.717, 1.165) is 27.8 Å². The van der Waals surface area contributed by atoms with Crippen LogP contribution in [0.15, 0.2) is 54.7 Å². The van der Waals surface area contributed by atoms with Crippen LogP contribution in [-0.4, -0.2) is 36.0 Å². The van der Waals surface area contributed by atoms with Crippen molar-refractivity contribution in [3.8, 4) is 5.75 Å². The Labute approximate surface area is 147 Å². The van der Waals surface area contributed by atoms with E-state index >= 15 is 0 Å². The Morgan fingerprint density at radius 2 is 1.88 bits per heavy atom. The topological polar surface area (TPSA) is 71.3 Å². The Kier molecular flexibility index (Phi) is 5.05. The van der Waals surface area contributed by atoms with Gasteiger partial charge in [0.2, 0.25) is 5.91 Å². The molecule has 0 spiro atoms. The maximum Gasteiger partial charge on any atom is 0.239 e. The molecule has 0 saturated heterocycles. The molecule has 0 aliphatic carbocycles. The van der Waals surface area contributed by atoms with Gasteiger partial charge in [-0.25, -0.2) is 0 Å². The molecule has 0 fully saturated rings. The number of hydrogen-bond acceptors (Lipinski definition) is 3. The van der Waals surface area contributed by atoms with Crippen molar-refractivity contribution < 1.29 is 9.53 Å². The molecule has 130 valence electrons. The lowest BCUT2D eigenvalue weighted by Gasteiger charge is -2.22. The number of nitrogens with two attached hydrogens (primary N) is 1. The highest BCUT2D eigenvalue weighted by atomic mass is 16.5. The summed E-state index contributed by atoms with van der Waals surface area (Å²) in [5.74, 6) is 0.684. The molecule has 1 aromatic heterocycles. The number of H-pyrrole nitrogens is 1. The number of carbonyl (C=O) groups is 1. The number of fused-ring (bicyclic) bond motifs is 1. The highest BCUT2D eigenvalue weighted by Gasteiger charge is 2.20. The molecule has 3 aromatic rings. The first-order chi connectivity index (χ1) is 12.1. The number of methoxy groups -OCH3 is 1. The van der Waals surface area contributed by atoms with Gasteiger partial charge in [-0.3, -0.25) is 4.79 Å². The molecular weight excluding hydrogens is 314 g/mol. The van der Waals surface area contributed by atoms with Crippen molar-refractivity contribution in [2.75, 3.05) is 14.2 Å². The van der Waals surface area contributed by atoms with Crippen molar-refractivity contribution >= 4 is 16.8 Å². The van der Waals surface area contributed by atoms with Gasteiger partial charge in [0, 0.05) is 36.3 Å². The first-order valence-corrected chi connectivity index (χ1v) is 8.27. The number of hydrogen-bond donors (Lipinski definition) is 2. The molecule has 3 N–H and O–H groups in total. The second-order valence-corrected chi connectivity index (χ2v) is 6.18. The van der Waals surface area contributed by atoms with Crippen molar-refractivity contribution in [1.29, 1.82) is 0 Å². The molecule has 1 amide bonds. The molecule has 0 aliphatic rings. The normalized spacial score (nSPS) is 12.1. The second-order valence-electron chi connectivity index (χ2n) is 6.18. The lowest BCUT2D eigenvalue weighted by atomic mass is 10.0. The molecule has 0 bridgehead atoms. The van der Waals surface area contributed by atoms with Crippen molar-refractivity contribution in [2.24, 2.45) is 5.73 Å². The number of aromatic amines is 1. The summed E-state index contributed by atoms with van der Waals surface area (Å²) in [6.07, 6.45) is 2.43. The molecule has 0 saturated carbocycles. The number of rotatable bonds is 6. The van der Waals surface area contributed by atoms with E-state index in [1.165, 1.54) is 0 Å². The minimum atomic E-state index is -0.584. The van der Waals surface area contributed by atoms with Gasteiger partial charge in [0.15, 0.2) is 0 Å². The van der Waals surface area contributed by atoms with Crippen LogP contribution in [0.5, 0.6) is 5.75 Å². The van der Waals surface area contributed by atoms with Crippen molar-refractivity contribution in [2.45, 2.75) is 19.0 Å². The first-order valence-electron chi connectivity index (χ1n) is 8.27. The third-order valence-corrected chi connectivity index (χ3v) is 4.41. The third-order valence-electron chi connectivity index (χ3n) is 4.41. The Balaban J connectivity index is 1.69. The Morgan fingerprint density at radius 1 is 1.16 bits per heavy atom. The van der Waals surface area contributed by atoms with Crippen LogP contribution < -0.4 is 10.5 Å². The zero-order valence-electron chi connectivity index (χ0n) is 14.5. The summed E-state index contributed by atoms with van der Waals surface area (Å²) in [4.78, 5) is 17.5. The molecule has 25 heavy (non-hydrogen) atoms. The lowest BCUT2D eigenvalue weighted by Crippen LogP contribution is -2.42. The molecule has 0 aliphatic heterocycles. The van der Waals surface area contributed by atoms with E-state index in [1.54, 1.807) is 19.1 Å². The van der Waals surface area contributed by atoms with Gasteiger partial charge in [0.05, 0.1) is 13.2 Å². The summed E-state index contributed by atoms with van der Waals surface area (Å²) < 4.78 is 5.35. The van der Waals surface area contributed by atoms with E-state index in [0.29, 0.717) is 13.0 Å². The first kappa shape index (κ1) is 17.0. The Bertz CT molecular complexity index is 872. The summed E-state index contributed by atoms with van der Waals surface area (Å²) in [6, 6.07) is 15.1. The summed E-state index contributed by atoms with van der Waals surface area (Å²) in [6.45, 7) is 0.463. The zero-order chi connectivity index (χ0) is 17.8. The van der Waals surface area contributed by atoms with E-state index in [1.807, 2.05) is 54.7 Å². The summed E-state index contributed by atoms with van der Waals surface area (Å²) >= 11 is 0. The molecule has 2 aromatic carbocycles. The van der Waals surface area contributed by atoms with Crippen LogP contribution in [0.3, 0.4) is 0 Å². The quantitative estimate of drug-likeness (QED) is 0.726. The number of benzene rings is 2. The van der Waals surface area contributed by atoms with Gasteiger partial charge in [0.25, 0.3) is 0 Å². The van der Waals surface area contributed by atoms with Crippen LogP contribution in [0.2, 0.25) is 0 Å². The molecule has 0 unspecified atom stereocenters. The molecule has 1 atom stereocenters. The largest absolute Gasteiger partial charge is 0.496 e. The predicted molar refractivity (Wildman–Crippen MR) is 99.4 cm³/mol. The van der Waals surface area contributed by atoms with Crippen LogP contribution in [0.25, 0.3) is 10.9 Å². The highest BCUT2D eigenvalue weighted by molar-refractivity contribution is 5.86. The minimum absolute atomic E-state index is 0.0869. The van der Waals surface area contributed by atoms with Crippen LogP contribution >= 0.6 is 0 Å². The van der Waals surface area contributed by atoms with Gasteiger partial charge in [-0.05, 0) is 24.1 Å². The smallest absolute Gasteiger partial charge is 0.239 e. The van der Waals surface area contributed by atoms with Crippen molar-refractivity contribution in [1.82, 2.24) is 9.88 Å². The summed E-state index contributed by atoms with van der Waals surface area (Å²) in [5, 5.41) is 1.11. The number of aromatic nitrogens is 1. The second kappa shape index (κ2) is 7.40. The number of ether oxygens (including phenoxy) is 1. The average Bonchev–Trinajstić information content (AvgIpc) is 3.04. The number of nitrogens with zero attached hydrogens (tertiary/aromatic N) is 1. The number of likely N-dealkylation sites (N-methyl/N-ethyl adjacent to an activating group) is 1. The SMILES string of the molecule is COc1ccccc1CN(C)C(=O)[C@@H](N)Cc1c[nH]c2ccccc12. The van der Waals surface area contributed by atoms with Crippen LogP contribution in [-0.2, 0) is 17.8 Å². The maximum absolute atomic E-state index is 12.7. The number of para-hydroxylation sites is 2. The van der Waals surface area contributed by atoms with Crippen LogP contribution in [0, 0.1) is 0 Å². The molecule has 5 heteroatoms. The van der Waals surface area contributed by atoms with Gasteiger partial charge in [0.1, 0.15) is 5.75 Å². The Morgan fingerprint density at radius 3 is 2.68 bits per heavy atom. The number of carbonyl (C=O) groups excluding carboxylic acids is 1. The molecule has 1 heterocycles. The average molecular weight is 337 g/mol. The van der Waals surface area contributed by atoms with Crippen LogP contribution in [0.4, 0.5) is 0 Å². The van der Waals surface area contributed by atoms with Gasteiger partial charge >= 0.3 is 0 Å². The number of nitrogens with one attached hydrogen (secondary N) is 1. The summed E-state index contributed by atoms with van der Waals surface area (Å²) in [5.41, 5.74) is 9.26. The molecule has 5 nitrogen and oxygen atoms in total. The maximum atomic E-state index is 12.7. The summed E-state index contributed by atoms with van der Waals surface area (Å²) in [7, 11) is 3.40. The molecule has 3 rings (SSSR count). The molecular formula is C20H23N3O2.